The Hall–Kier alpha value is -1.83. The number of piperidine rings is 1. The van der Waals surface area contributed by atoms with Crippen molar-refractivity contribution in [1.29, 1.82) is 0 Å². The number of rotatable bonds is 9. The van der Waals surface area contributed by atoms with Gasteiger partial charge in [0.05, 0.1) is 15.7 Å². The van der Waals surface area contributed by atoms with Crippen molar-refractivity contribution in [2.24, 2.45) is 0 Å². The van der Waals surface area contributed by atoms with E-state index in [-0.39, 0.29) is 12.5 Å². The van der Waals surface area contributed by atoms with Gasteiger partial charge in [-0.3, -0.25) is 9.69 Å². The van der Waals surface area contributed by atoms with Gasteiger partial charge >= 0.3 is 0 Å². The summed E-state index contributed by atoms with van der Waals surface area (Å²) in [6, 6.07) is 11.7. The average molecular weight is 480 g/mol. The Labute approximate surface area is 199 Å². The molecule has 0 aromatic heterocycles. The molecule has 1 unspecified atom stereocenters. The number of nitrogens with one attached hydrogen (secondary N) is 2. The van der Waals surface area contributed by atoms with E-state index in [4.69, 9.17) is 27.9 Å². The highest BCUT2D eigenvalue weighted by atomic mass is 35.5. The van der Waals surface area contributed by atoms with Crippen LogP contribution in [0.5, 0.6) is 5.75 Å². The highest BCUT2D eigenvalue weighted by molar-refractivity contribution is 6.42. The van der Waals surface area contributed by atoms with Gasteiger partial charge < -0.3 is 20.5 Å². The van der Waals surface area contributed by atoms with Crippen LogP contribution in [0.3, 0.4) is 0 Å². The minimum atomic E-state index is -0.643. The maximum absolute atomic E-state index is 11.4. The lowest BCUT2D eigenvalue weighted by molar-refractivity contribution is -0.114. The van der Waals surface area contributed by atoms with Crippen molar-refractivity contribution >= 4 is 34.8 Å². The Morgan fingerprint density at radius 2 is 1.94 bits per heavy atom. The number of amides is 1. The second kappa shape index (κ2) is 11.9. The molecule has 0 spiro atoms. The Bertz CT molecular complexity index is 917. The summed E-state index contributed by atoms with van der Waals surface area (Å²) in [4.78, 5) is 13.8. The monoisotopic (exact) mass is 479 g/mol. The molecule has 1 saturated heterocycles. The number of aliphatic hydroxyl groups is 1. The van der Waals surface area contributed by atoms with Gasteiger partial charge in [0.25, 0.3) is 0 Å². The lowest BCUT2D eigenvalue weighted by Gasteiger charge is -2.33. The van der Waals surface area contributed by atoms with Gasteiger partial charge in [0.1, 0.15) is 18.5 Å². The predicted molar refractivity (Wildman–Crippen MR) is 130 cm³/mol. The number of hydrogen-bond donors (Lipinski definition) is 3. The molecule has 6 nitrogen and oxygen atoms in total. The summed E-state index contributed by atoms with van der Waals surface area (Å²) in [5.41, 5.74) is 2.80. The van der Waals surface area contributed by atoms with E-state index in [1.54, 1.807) is 0 Å². The molecule has 0 saturated carbocycles. The first-order chi connectivity index (χ1) is 15.3. The number of aryl methyl sites for hydroxylation is 1. The zero-order valence-electron chi connectivity index (χ0n) is 18.5. The number of hydrogen-bond acceptors (Lipinski definition) is 5. The van der Waals surface area contributed by atoms with Crippen LogP contribution in [0.15, 0.2) is 36.4 Å². The normalized spacial score (nSPS) is 16.0. The summed E-state index contributed by atoms with van der Waals surface area (Å²) in [6.07, 6.45) is 1.38. The van der Waals surface area contributed by atoms with Crippen LogP contribution in [0.25, 0.3) is 0 Å². The second-order valence-electron chi connectivity index (χ2n) is 8.35. The number of ether oxygens (including phenoxy) is 1. The fraction of sp³-hybridized carbons (Fsp3) is 0.458. The molecule has 8 heteroatoms. The lowest BCUT2D eigenvalue weighted by atomic mass is 10.0. The van der Waals surface area contributed by atoms with E-state index in [9.17, 15) is 9.90 Å². The molecule has 0 radical (unpaired) electrons. The fourth-order valence-electron chi connectivity index (χ4n) is 3.80. The number of carbonyl (C=O) groups is 1. The largest absolute Gasteiger partial charge is 0.489 e. The van der Waals surface area contributed by atoms with Gasteiger partial charge in [0.15, 0.2) is 0 Å². The van der Waals surface area contributed by atoms with Gasteiger partial charge in [0, 0.05) is 26.1 Å². The third kappa shape index (κ3) is 7.64. The van der Waals surface area contributed by atoms with Gasteiger partial charge in [-0.15, -0.1) is 0 Å². The molecule has 3 rings (SSSR count). The van der Waals surface area contributed by atoms with Crippen LogP contribution in [0.2, 0.25) is 10.0 Å². The SMILES string of the molecule is CC(=O)Nc1cc(C)ccc1OCC(O)CNC1CCN(Cc2ccc(Cl)c(Cl)c2)CC1. The minimum absolute atomic E-state index is 0.152. The van der Waals surface area contributed by atoms with E-state index >= 15 is 0 Å². The number of halogens is 2. The number of carbonyl (C=O) groups excluding carboxylic acids is 1. The minimum Gasteiger partial charge on any atom is -0.489 e. The molecule has 1 aliphatic rings. The number of aliphatic hydroxyl groups excluding tert-OH is 1. The van der Waals surface area contributed by atoms with Gasteiger partial charge in [-0.2, -0.15) is 0 Å². The Balaban J connectivity index is 1.38. The molecule has 0 aliphatic carbocycles. The summed E-state index contributed by atoms with van der Waals surface area (Å²) in [7, 11) is 0. The average Bonchev–Trinajstić information content (AvgIpc) is 2.75. The van der Waals surface area contributed by atoms with Crippen LogP contribution in [0, 0.1) is 6.92 Å². The second-order valence-corrected chi connectivity index (χ2v) is 9.17. The third-order valence-corrected chi connectivity index (χ3v) is 6.24. The highest BCUT2D eigenvalue weighted by Crippen LogP contribution is 2.26. The topological polar surface area (TPSA) is 73.8 Å². The van der Waals surface area contributed by atoms with Gasteiger partial charge in [-0.25, -0.2) is 0 Å². The van der Waals surface area contributed by atoms with Crippen LogP contribution in [0.1, 0.15) is 30.9 Å². The zero-order chi connectivity index (χ0) is 23.1. The van der Waals surface area contributed by atoms with Crippen LogP contribution >= 0.6 is 23.2 Å². The molecule has 174 valence electrons. The van der Waals surface area contributed by atoms with Crippen molar-refractivity contribution in [1.82, 2.24) is 10.2 Å². The maximum Gasteiger partial charge on any atom is 0.221 e. The number of benzene rings is 2. The number of anilines is 1. The molecular weight excluding hydrogens is 449 g/mol. The number of nitrogens with zero attached hydrogens (tertiary/aromatic N) is 1. The lowest BCUT2D eigenvalue weighted by Crippen LogP contribution is -2.45. The van der Waals surface area contributed by atoms with Crippen molar-refractivity contribution in [3.8, 4) is 5.75 Å². The Morgan fingerprint density at radius 1 is 1.19 bits per heavy atom. The molecule has 0 bridgehead atoms. The zero-order valence-corrected chi connectivity index (χ0v) is 20.0. The van der Waals surface area contributed by atoms with Gasteiger partial charge in [0.2, 0.25) is 5.91 Å². The van der Waals surface area contributed by atoms with Crippen molar-refractivity contribution in [2.45, 2.75) is 45.4 Å². The summed E-state index contributed by atoms with van der Waals surface area (Å²) >= 11 is 12.1. The standard InChI is InChI=1S/C24H31Cl2N3O3/c1-16-3-6-24(23(11-16)28-17(2)30)32-15-20(31)13-27-19-7-9-29(10-8-19)14-18-4-5-21(25)22(26)12-18/h3-6,11-12,19-20,27,31H,7-10,13-15H2,1-2H3,(H,28,30). The fourth-order valence-corrected chi connectivity index (χ4v) is 4.12. The van der Waals surface area contributed by atoms with E-state index in [1.807, 2.05) is 43.3 Å². The van der Waals surface area contributed by atoms with E-state index < -0.39 is 6.10 Å². The smallest absolute Gasteiger partial charge is 0.221 e. The van der Waals surface area contributed by atoms with E-state index in [2.05, 4.69) is 15.5 Å². The molecule has 32 heavy (non-hydrogen) atoms. The molecule has 1 atom stereocenters. The highest BCUT2D eigenvalue weighted by Gasteiger charge is 2.20. The van der Waals surface area contributed by atoms with Crippen molar-refractivity contribution < 1.29 is 14.6 Å². The van der Waals surface area contributed by atoms with E-state index in [1.165, 1.54) is 6.92 Å². The first-order valence-corrected chi connectivity index (χ1v) is 11.6. The molecule has 1 heterocycles. The first-order valence-electron chi connectivity index (χ1n) is 10.9. The molecule has 1 amide bonds. The molecule has 2 aromatic rings. The molecule has 3 N–H and O–H groups in total. The quantitative estimate of drug-likeness (QED) is 0.501. The van der Waals surface area contributed by atoms with Crippen LogP contribution < -0.4 is 15.4 Å². The van der Waals surface area contributed by atoms with Crippen molar-refractivity contribution in [3.63, 3.8) is 0 Å². The molecule has 2 aromatic carbocycles. The Kier molecular flexibility index (Phi) is 9.20. The molecule has 1 fully saturated rings. The summed E-state index contributed by atoms with van der Waals surface area (Å²) < 4.78 is 5.76. The van der Waals surface area contributed by atoms with Crippen LogP contribution in [-0.4, -0.2) is 54.3 Å². The van der Waals surface area contributed by atoms with Gasteiger partial charge in [-0.05, 0) is 68.2 Å². The van der Waals surface area contributed by atoms with Crippen molar-refractivity contribution in [3.05, 3.63) is 57.6 Å². The van der Waals surface area contributed by atoms with Crippen molar-refractivity contribution in [2.75, 3.05) is 31.6 Å². The molecular formula is C24H31Cl2N3O3. The number of likely N-dealkylation sites (tertiary alicyclic amines) is 1. The van der Waals surface area contributed by atoms with E-state index in [0.29, 0.717) is 34.1 Å². The van der Waals surface area contributed by atoms with Crippen LogP contribution in [-0.2, 0) is 11.3 Å². The Morgan fingerprint density at radius 3 is 2.62 bits per heavy atom. The summed E-state index contributed by atoms with van der Waals surface area (Å²) in [6.45, 7) is 6.83. The third-order valence-electron chi connectivity index (χ3n) is 5.50. The first kappa shape index (κ1) is 24.8. The predicted octanol–water partition coefficient (Wildman–Crippen LogP) is 4.25. The summed E-state index contributed by atoms with van der Waals surface area (Å²) in [5.74, 6) is 0.397. The summed E-state index contributed by atoms with van der Waals surface area (Å²) in [5, 5.41) is 17.7. The maximum atomic E-state index is 11.4. The van der Waals surface area contributed by atoms with Gasteiger partial charge in [-0.1, -0.05) is 35.3 Å². The van der Waals surface area contributed by atoms with E-state index in [0.717, 1.165) is 43.6 Å². The molecule has 1 aliphatic heterocycles. The van der Waals surface area contributed by atoms with Crippen LogP contribution in [0.4, 0.5) is 5.69 Å².